The van der Waals surface area contributed by atoms with E-state index in [0.29, 0.717) is 16.9 Å². The van der Waals surface area contributed by atoms with Crippen LogP contribution in [0, 0.1) is 12.7 Å². The Kier molecular flexibility index (Phi) is 4.52. The fourth-order valence-electron chi connectivity index (χ4n) is 3.01. The normalized spacial score (nSPS) is 10.8. The van der Waals surface area contributed by atoms with Crippen LogP contribution in [-0.4, -0.2) is 26.2 Å². The maximum atomic E-state index is 13.6. The van der Waals surface area contributed by atoms with Crippen molar-refractivity contribution in [3.8, 4) is 11.3 Å². The Morgan fingerprint density at radius 1 is 1.10 bits per heavy atom. The van der Waals surface area contributed by atoms with Crippen LogP contribution in [0.2, 0.25) is 0 Å². The second-order valence-electron chi connectivity index (χ2n) is 6.46. The Balaban J connectivity index is 1.86. The molecule has 2 aromatic carbocycles. The third-order valence-corrected chi connectivity index (χ3v) is 4.49. The van der Waals surface area contributed by atoms with Gasteiger partial charge in [-0.15, -0.1) is 0 Å². The molecule has 0 atom stereocenters. The standard InChI is InChI=1S/C21H16FN5O2/c1-12-7-8-14(22)9-15(12)26-21(29)16-10-17(13-5-3-2-4-6-13)27-11-24-18(19(23)28)20(27)25-16/h2-11H,1H3,(H2,23,28)(H,26,29). The summed E-state index contributed by atoms with van der Waals surface area (Å²) in [6, 6.07) is 15.0. The maximum Gasteiger partial charge on any atom is 0.274 e. The number of carbonyl (C=O) groups is 2. The predicted molar refractivity (Wildman–Crippen MR) is 106 cm³/mol. The third-order valence-electron chi connectivity index (χ3n) is 4.49. The van der Waals surface area contributed by atoms with Crippen molar-refractivity contribution in [1.82, 2.24) is 14.4 Å². The number of halogens is 1. The first-order chi connectivity index (χ1) is 13.9. The molecule has 8 heteroatoms. The molecule has 0 aliphatic heterocycles. The molecule has 0 spiro atoms. The zero-order valence-corrected chi connectivity index (χ0v) is 15.4. The number of fused-ring (bicyclic) bond motifs is 1. The molecule has 7 nitrogen and oxygen atoms in total. The second kappa shape index (κ2) is 7.16. The molecule has 4 aromatic rings. The van der Waals surface area contributed by atoms with Crippen molar-refractivity contribution in [2.45, 2.75) is 6.92 Å². The van der Waals surface area contributed by atoms with Crippen molar-refractivity contribution < 1.29 is 14.0 Å². The molecule has 0 saturated heterocycles. The number of anilines is 1. The van der Waals surface area contributed by atoms with Crippen LogP contribution in [-0.2, 0) is 0 Å². The van der Waals surface area contributed by atoms with Crippen molar-refractivity contribution in [2.24, 2.45) is 5.73 Å². The summed E-state index contributed by atoms with van der Waals surface area (Å²) in [5.41, 5.74) is 8.01. The Morgan fingerprint density at radius 3 is 2.59 bits per heavy atom. The molecule has 2 amide bonds. The smallest absolute Gasteiger partial charge is 0.274 e. The molecular formula is C21H16FN5O2. The van der Waals surface area contributed by atoms with Crippen molar-refractivity contribution in [3.05, 3.63) is 83.7 Å². The van der Waals surface area contributed by atoms with Crippen LogP contribution in [0.3, 0.4) is 0 Å². The van der Waals surface area contributed by atoms with Gasteiger partial charge in [0.1, 0.15) is 17.8 Å². The van der Waals surface area contributed by atoms with E-state index in [1.807, 2.05) is 30.3 Å². The van der Waals surface area contributed by atoms with Crippen molar-refractivity contribution in [3.63, 3.8) is 0 Å². The number of aromatic nitrogens is 3. The number of nitrogens with two attached hydrogens (primary N) is 1. The highest BCUT2D eigenvalue weighted by atomic mass is 19.1. The highest BCUT2D eigenvalue weighted by Crippen LogP contribution is 2.24. The molecular weight excluding hydrogens is 373 g/mol. The highest BCUT2D eigenvalue weighted by molar-refractivity contribution is 6.05. The largest absolute Gasteiger partial charge is 0.364 e. The van der Waals surface area contributed by atoms with E-state index in [-0.39, 0.29) is 17.0 Å². The lowest BCUT2D eigenvalue weighted by Crippen LogP contribution is -2.17. The molecule has 2 aromatic heterocycles. The maximum absolute atomic E-state index is 13.6. The van der Waals surface area contributed by atoms with E-state index in [1.54, 1.807) is 23.5 Å². The topological polar surface area (TPSA) is 102 Å². The summed E-state index contributed by atoms with van der Waals surface area (Å²) < 4.78 is 15.2. The number of hydrogen-bond acceptors (Lipinski definition) is 4. The van der Waals surface area contributed by atoms with Gasteiger partial charge in [-0.3, -0.25) is 14.0 Å². The number of amides is 2. The summed E-state index contributed by atoms with van der Waals surface area (Å²) in [6.07, 6.45) is 1.43. The Labute approximate surface area is 165 Å². The minimum absolute atomic E-state index is 0.0428. The van der Waals surface area contributed by atoms with Gasteiger partial charge < -0.3 is 11.1 Å². The van der Waals surface area contributed by atoms with Gasteiger partial charge in [0.05, 0.1) is 5.69 Å². The Morgan fingerprint density at radius 2 is 1.86 bits per heavy atom. The molecule has 2 heterocycles. The number of primary amides is 1. The lowest BCUT2D eigenvalue weighted by atomic mass is 10.1. The first-order valence-electron chi connectivity index (χ1n) is 8.75. The van der Waals surface area contributed by atoms with Crippen LogP contribution in [0.15, 0.2) is 60.9 Å². The van der Waals surface area contributed by atoms with Gasteiger partial charge in [0.25, 0.3) is 11.8 Å². The van der Waals surface area contributed by atoms with E-state index < -0.39 is 17.6 Å². The molecule has 29 heavy (non-hydrogen) atoms. The van der Waals surface area contributed by atoms with Gasteiger partial charge in [0, 0.05) is 5.69 Å². The van der Waals surface area contributed by atoms with E-state index in [0.717, 1.165) is 5.56 Å². The second-order valence-corrected chi connectivity index (χ2v) is 6.46. The van der Waals surface area contributed by atoms with Crippen LogP contribution >= 0.6 is 0 Å². The highest BCUT2D eigenvalue weighted by Gasteiger charge is 2.19. The van der Waals surface area contributed by atoms with Crippen LogP contribution in [0.5, 0.6) is 0 Å². The van der Waals surface area contributed by atoms with Gasteiger partial charge in [0.2, 0.25) is 0 Å². The molecule has 0 aliphatic rings. The first kappa shape index (κ1) is 18.3. The van der Waals surface area contributed by atoms with E-state index in [9.17, 15) is 14.0 Å². The Bertz CT molecular complexity index is 1250. The van der Waals surface area contributed by atoms with Crippen molar-refractivity contribution >= 4 is 23.1 Å². The summed E-state index contributed by atoms with van der Waals surface area (Å²) in [6.45, 7) is 1.75. The number of imidazole rings is 1. The molecule has 0 bridgehead atoms. The Hall–Kier alpha value is -4.07. The van der Waals surface area contributed by atoms with E-state index in [2.05, 4.69) is 15.3 Å². The molecule has 0 unspecified atom stereocenters. The molecule has 144 valence electrons. The summed E-state index contributed by atoms with van der Waals surface area (Å²) in [5, 5.41) is 2.66. The van der Waals surface area contributed by atoms with Crippen LogP contribution < -0.4 is 11.1 Å². The lowest BCUT2D eigenvalue weighted by Gasteiger charge is -2.11. The summed E-state index contributed by atoms with van der Waals surface area (Å²) >= 11 is 0. The van der Waals surface area contributed by atoms with Gasteiger partial charge in [-0.1, -0.05) is 36.4 Å². The number of nitrogens with one attached hydrogen (secondary N) is 1. The first-order valence-corrected chi connectivity index (χ1v) is 8.75. The average Bonchev–Trinajstić information content (AvgIpc) is 3.15. The van der Waals surface area contributed by atoms with Crippen LogP contribution in [0.25, 0.3) is 16.9 Å². The number of hydrogen-bond donors (Lipinski definition) is 2. The van der Waals surface area contributed by atoms with E-state index in [1.165, 1.54) is 18.5 Å². The number of rotatable bonds is 4. The SMILES string of the molecule is Cc1ccc(F)cc1NC(=O)c1cc(-c2ccccc2)n2cnc(C(N)=O)c2n1. The molecule has 0 saturated carbocycles. The molecule has 0 radical (unpaired) electrons. The van der Waals surface area contributed by atoms with E-state index >= 15 is 0 Å². The van der Waals surface area contributed by atoms with Crippen molar-refractivity contribution in [1.29, 1.82) is 0 Å². The minimum Gasteiger partial charge on any atom is -0.364 e. The number of aryl methyl sites for hydroxylation is 1. The van der Waals surface area contributed by atoms with Gasteiger partial charge in [0.15, 0.2) is 11.3 Å². The van der Waals surface area contributed by atoms with E-state index in [4.69, 9.17) is 5.73 Å². The lowest BCUT2D eigenvalue weighted by molar-refractivity contribution is 0.0993. The minimum atomic E-state index is -0.752. The quantitative estimate of drug-likeness (QED) is 0.559. The van der Waals surface area contributed by atoms with Gasteiger partial charge in [-0.25, -0.2) is 14.4 Å². The zero-order valence-electron chi connectivity index (χ0n) is 15.4. The summed E-state index contributed by atoms with van der Waals surface area (Å²) in [4.78, 5) is 32.9. The zero-order chi connectivity index (χ0) is 20.5. The fraction of sp³-hybridized carbons (Fsp3) is 0.0476. The van der Waals surface area contributed by atoms with Crippen molar-refractivity contribution in [2.75, 3.05) is 5.32 Å². The number of nitrogens with zero attached hydrogens (tertiary/aromatic N) is 3. The van der Waals surface area contributed by atoms with Gasteiger partial charge in [-0.2, -0.15) is 0 Å². The summed E-state index contributed by atoms with van der Waals surface area (Å²) in [7, 11) is 0. The molecule has 0 aliphatic carbocycles. The third kappa shape index (κ3) is 3.43. The molecule has 0 fully saturated rings. The number of benzene rings is 2. The predicted octanol–water partition coefficient (Wildman–Crippen LogP) is 3.20. The molecule has 3 N–H and O–H groups in total. The molecule has 4 rings (SSSR count). The average molecular weight is 389 g/mol. The van der Waals surface area contributed by atoms with Crippen LogP contribution in [0.4, 0.5) is 10.1 Å². The monoisotopic (exact) mass is 389 g/mol. The number of carbonyl (C=O) groups excluding carboxylic acids is 2. The fourth-order valence-corrected chi connectivity index (χ4v) is 3.01. The van der Waals surface area contributed by atoms with Gasteiger partial charge in [-0.05, 0) is 36.2 Å². The van der Waals surface area contributed by atoms with Crippen LogP contribution in [0.1, 0.15) is 26.5 Å². The van der Waals surface area contributed by atoms with Gasteiger partial charge >= 0.3 is 0 Å². The summed E-state index contributed by atoms with van der Waals surface area (Å²) in [5.74, 6) is -1.77.